The fraction of sp³-hybridized carbons (Fsp3) is 0.346. The molecule has 2 heterocycles. The summed E-state index contributed by atoms with van der Waals surface area (Å²) in [7, 11) is 0. The van der Waals surface area contributed by atoms with Crippen molar-refractivity contribution in [3.05, 3.63) is 73.0 Å². The summed E-state index contributed by atoms with van der Waals surface area (Å²) in [6.45, 7) is 12.5. The zero-order valence-electron chi connectivity index (χ0n) is 21.7. The fourth-order valence-electron chi connectivity index (χ4n) is 3.08. The van der Waals surface area contributed by atoms with Gasteiger partial charge in [0.15, 0.2) is 18.3 Å². The third kappa shape index (κ3) is 10.1. The Labute approximate surface area is 238 Å². The highest BCUT2D eigenvalue weighted by Crippen LogP contribution is 2.31. The fourth-order valence-corrected chi connectivity index (χ4v) is 3.70. The monoisotopic (exact) mass is 596 g/mol. The highest BCUT2D eigenvalue weighted by molar-refractivity contribution is 7.08. The molecular formula is C26H28O14S. The summed E-state index contributed by atoms with van der Waals surface area (Å²) in [5.41, 5.74) is 0.0894. The van der Waals surface area contributed by atoms with Gasteiger partial charge in [-0.15, -0.1) is 0 Å². The summed E-state index contributed by atoms with van der Waals surface area (Å²) in [6.07, 6.45) is -8.64. The summed E-state index contributed by atoms with van der Waals surface area (Å²) in [5.74, 6) is -2.11. The van der Waals surface area contributed by atoms with Crippen molar-refractivity contribution in [1.82, 2.24) is 0 Å². The molecule has 0 unspecified atom stereocenters. The van der Waals surface area contributed by atoms with Gasteiger partial charge >= 0.3 is 30.4 Å². The van der Waals surface area contributed by atoms with E-state index in [1.165, 1.54) is 47.1 Å². The maximum absolute atomic E-state index is 13.0. The van der Waals surface area contributed by atoms with Gasteiger partial charge in [0.1, 0.15) is 26.4 Å². The Balaban J connectivity index is 2.56. The van der Waals surface area contributed by atoms with Crippen LogP contribution in [0.1, 0.15) is 10.4 Å². The minimum absolute atomic E-state index is 0.0894. The molecule has 1 aliphatic rings. The topological polar surface area (TPSA) is 168 Å². The van der Waals surface area contributed by atoms with Crippen molar-refractivity contribution in [3.63, 3.8) is 0 Å². The molecule has 1 aromatic rings. The van der Waals surface area contributed by atoms with Crippen LogP contribution in [-0.4, -0.2) is 87.5 Å². The first kappa shape index (κ1) is 32.6. The van der Waals surface area contributed by atoms with E-state index in [2.05, 4.69) is 26.3 Å². The van der Waals surface area contributed by atoms with E-state index >= 15 is 0 Å². The molecule has 15 heteroatoms. The molecule has 0 bridgehead atoms. The number of thiophene rings is 1. The number of hydrogen-bond acceptors (Lipinski definition) is 15. The van der Waals surface area contributed by atoms with Crippen LogP contribution >= 0.6 is 11.3 Å². The lowest BCUT2D eigenvalue weighted by Gasteiger charge is -2.42. The molecule has 222 valence electrons. The minimum Gasteiger partial charge on any atom is -0.459 e. The van der Waals surface area contributed by atoms with Crippen LogP contribution in [0, 0.1) is 0 Å². The summed E-state index contributed by atoms with van der Waals surface area (Å²) in [4.78, 5) is 63.1. The molecule has 14 nitrogen and oxygen atoms in total. The highest BCUT2D eigenvalue weighted by Gasteiger charge is 2.57. The lowest BCUT2D eigenvalue weighted by Crippen LogP contribution is -2.64. The predicted molar refractivity (Wildman–Crippen MR) is 139 cm³/mol. The van der Waals surface area contributed by atoms with Crippen molar-refractivity contribution in [1.29, 1.82) is 0 Å². The number of rotatable bonds is 14. The van der Waals surface area contributed by atoms with Crippen molar-refractivity contribution < 1.29 is 66.6 Å². The molecular weight excluding hydrogens is 568 g/mol. The molecule has 0 aromatic carbocycles. The first-order chi connectivity index (χ1) is 19.7. The van der Waals surface area contributed by atoms with E-state index in [0.29, 0.717) is 0 Å². The number of esters is 2. The smallest absolute Gasteiger partial charge is 0.459 e. The van der Waals surface area contributed by atoms with Gasteiger partial charge < -0.3 is 42.6 Å². The first-order valence-corrected chi connectivity index (χ1v) is 12.7. The van der Waals surface area contributed by atoms with E-state index < -0.39 is 61.1 Å². The Bertz CT molecular complexity index is 1100. The van der Waals surface area contributed by atoms with Crippen molar-refractivity contribution in [2.24, 2.45) is 0 Å². The van der Waals surface area contributed by atoms with Crippen molar-refractivity contribution in [2.45, 2.75) is 30.7 Å². The SMILES string of the molecule is C=CCOC(=O)O[C@@H]1[C@@H](OC(=O)OCC=C)[C@H](OC(=O)c2ccsc2)O[C@H](C(=O)OCC=C)[C@H]1OC(=O)OCC=C. The zero-order chi connectivity index (χ0) is 30.2. The minimum atomic E-state index is -1.93. The number of ether oxygens (including phenoxy) is 9. The third-order valence-corrected chi connectivity index (χ3v) is 5.39. The van der Waals surface area contributed by atoms with Crippen LogP contribution in [-0.2, 0) is 47.4 Å². The van der Waals surface area contributed by atoms with Gasteiger partial charge in [0.05, 0.1) is 5.56 Å². The van der Waals surface area contributed by atoms with Gasteiger partial charge in [-0.1, -0.05) is 50.6 Å². The summed E-state index contributed by atoms with van der Waals surface area (Å²) >= 11 is 1.18. The Morgan fingerprint density at radius 2 is 1.20 bits per heavy atom. The van der Waals surface area contributed by atoms with E-state index in [1.54, 1.807) is 5.38 Å². The number of carbonyl (C=O) groups is 5. The van der Waals surface area contributed by atoms with Crippen molar-refractivity contribution in [3.8, 4) is 0 Å². The molecule has 1 aromatic heterocycles. The summed E-state index contributed by atoms with van der Waals surface area (Å²) in [6, 6.07) is 1.43. The van der Waals surface area contributed by atoms with Gasteiger partial charge in [-0.25, -0.2) is 24.0 Å². The standard InChI is InChI=1S/C26H28O14S/c1-5-10-32-22(28)19-17(37-24(29)33-11-6-2)18(38-25(30)34-12-7-3)20(39-26(31)35-13-8-4)23(36-19)40-21(27)16-9-14-41-15-16/h5-9,14-15,17-20,23H,1-4,10-13H2/t17-,18-,19-,20+,23-/m0/s1. The predicted octanol–water partition coefficient (Wildman–Crippen LogP) is 3.48. The molecule has 0 aliphatic carbocycles. The van der Waals surface area contributed by atoms with Gasteiger partial charge in [0.25, 0.3) is 0 Å². The molecule has 1 saturated heterocycles. The summed E-state index contributed by atoms with van der Waals surface area (Å²) in [5, 5.41) is 3.05. The molecule has 0 saturated carbocycles. The van der Waals surface area contributed by atoms with Crippen LogP contribution in [0.25, 0.3) is 0 Å². The Hall–Kier alpha value is -4.63. The van der Waals surface area contributed by atoms with E-state index in [9.17, 15) is 24.0 Å². The van der Waals surface area contributed by atoms with Gasteiger partial charge in [0, 0.05) is 5.38 Å². The first-order valence-electron chi connectivity index (χ1n) is 11.7. The molecule has 0 N–H and O–H groups in total. The van der Waals surface area contributed by atoms with Crippen molar-refractivity contribution in [2.75, 3.05) is 26.4 Å². The maximum atomic E-state index is 13.0. The number of carbonyl (C=O) groups excluding carboxylic acids is 5. The molecule has 1 aliphatic heterocycles. The third-order valence-electron chi connectivity index (χ3n) is 4.70. The Morgan fingerprint density at radius 3 is 1.68 bits per heavy atom. The van der Waals surface area contributed by atoms with Crippen molar-refractivity contribution >= 4 is 41.7 Å². The van der Waals surface area contributed by atoms with Crippen LogP contribution in [0.5, 0.6) is 0 Å². The lowest BCUT2D eigenvalue weighted by atomic mass is 9.98. The average molecular weight is 597 g/mol. The van der Waals surface area contributed by atoms with Crippen LogP contribution in [0.2, 0.25) is 0 Å². The van der Waals surface area contributed by atoms with Crippen LogP contribution < -0.4 is 0 Å². The Morgan fingerprint density at radius 1 is 0.707 bits per heavy atom. The molecule has 1 fully saturated rings. The Kier molecular flexibility index (Phi) is 13.6. The zero-order valence-corrected chi connectivity index (χ0v) is 22.5. The van der Waals surface area contributed by atoms with Gasteiger partial charge in [-0.05, 0) is 11.4 Å². The molecule has 0 spiro atoms. The molecule has 2 rings (SSSR count). The van der Waals surface area contributed by atoms with E-state index in [-0.39, 0.29) is 32.0 Å². The van der Waals surface area contributed by atoms with E-state index in [0.717, 1.165) is 0 Å². The normalized spacial score (nSPS) is 21.1. The van der Waals surface area contributed by atoms with Crippen LogP contribution in [0.4, 0.5) is 14.4 Å². The maximum Gasteiger partial charge on any atom is 0.509 e. The van der Waals surface area contributed by atoms with Gasteiger partial charge in [-0.2, -0.15) is 11.3 Å². The quantitative estimate of drug-likeness (QED) is 0.174. The lowest BCUT2D eigenvalue weighted by molar-refractivity contribution is -0.283. The molecule has 41 heavy (non-hydrogen) atoms. The summed E-state index contributed by atoms with van der Waals surface area (Å²) < 4.78 is 46.4. The molecule has 0 amide bonds. The van der Waals surface area contributed by atoms with Gasteiger partial charge in [-0.3, -0.25) is 0 Å². The molecule has 5 atom stereocenters. The second-order valence-corrected chi connectivity index (χ2v) is 8.34. The van der Waals surface area contributed by atoms with Crippen LogP contribution in [0.15, 0.2) is 67.4 Å². The van der Waals surface area contributed by atoms with E-state index in [1.807, 2.05) is 0 Å². The second-order valence-electron chi connectivity index (χ2n) is 7.56. The average Bonchev–Trinajstić information content (AvgIpc) is 3.50. The van der Waals surface area contributed by atoms with Gasteiger partial charge in [0.2, 0.25) is 12.4 Å². The number of hydrogen-bond donors (Lipinski definition) is 0. The molecule has 0 radical (unpaired) electrons. The van der Waals surface area contributed by atoms with E-state index in [4.69, 9.17) is 42.6 Å². The highest BCUT2D eigenvalue weighted by atomic mass is 32.1. The second kappa shape index (κ2) is 17.1. The van der Waals surface area contributed by atoms with Crippen LogP contribution in [0.3, 0.4) is 0 Å². The largest absolute Gasteiger partial charge is 0.509 e.